The summed E-state index contributed by atoms with van der Waals surface area (Å²) in [4.78, 5) is 24.5. The average Bonchev–Trinajstić information content (AvgIpc) is 2.79. The Morgan fingerprint density at radius 1 is 0.727 bits per heavy atom. The first-order valence-electron chi connectivity index (χ1n) is 14.4. The topological polar surface area (TPSA) is 63.6 Å². The van der Waals surface area contributed by atoms with Crippen LogP contribution in [0.1, 0.15) is 149 Å². The molecule has 0 bridgehead atoms. The van der Waals surface area contributed by atoms with E-state index in [1.54, 1.807) is 0 Å². The number of aliphatic carboxylic acids is 1. The quantitative estimate of drug-likeness (QED) is 0.144. The first-order chi connectivity index (χ1) is 16.0. The van der Waals surface area contributed by atoms with Crippen LogP contribution in [0.5, 0.6) is 0 Å². The molecule has 0 aromatic rings. The van der Waals surface area contributed by atoms with Crippen LogP contribution in [0.15, 0.2) is 0 Å². The van der Waals surface area contributed by atoms with Gasteiger partial charge in [0.05, 0.1) is 11.8 Å². The van der Waals surface area contributed by atoms with E-state index >= 15 is 0 Å². The van der Waals surface area contributed by atoms with Gasteiger partial charge in [-0.15, -0.1) is 0 Å². The number of esters is 1. The van der Waals surface area contributed by atoms with Crippen LogP contribution < -0.4 is 0 Å². The predicted octanol–water partition coefficient (Wildman–Crippen LogP) is 8.71. The molecule has 1 N–H and O–H groups in total. The Hall–Kier alpha value is -1.06. The second-order valence-electron chi connectivity index (χ2n) is 10.9. The lowest BCUT2D eigenvalue weighted by Gasteiger charge is -2.29. The van der Waals surface area contributed by atoms with Gasteiger partial charge in [-0.1, -0.05) is 111 Å². The van der Waals surface area contributed by atoms with Crippen LogP contribution in [0.2, 0.25) is 0 Å². The van der Waals surface area contributed by atoms with E-state index in [4.69, 9.17) is 4.74 Å². The summed E-state index contributed by atoms with van der Waals surface area (Å²) in [6.07, 6.45) is 22.6. The van der Waals surface area contributed by atoms with E-state index in [9.17, 15) is 14.7 Å². The molecule has 3 atom stereocenters. The zero-order valence-electron chi connectivity index (χ0n) is 22.1. The summed E-state index contributed by atoms with van der Waals surface area (Å²) in [5.41, 5.74) is 0. The van der Waals surface area contributed by atoms with Gasteiger partial charge in [0, 0.05) is 0 Å². The number of carboxylic acid groups (broad SMARTS) is 1. The number of hydrogen-bond donors (Lipinski definition) is 1. The predicted molar refractivity (Wildman–Crippen MR) is 137 cm³/mol. The van der Waals surface area contributed by atoms with Gasteiger partial charge in [0.15, 0.2) is 0 Å². The molecule has 0 spiro atoms. The summed E-state index contributed by atoms with van der Waals surface area (Å²) in [5, 5.41) is 9.52. The first-order valence-corrected chi connectivity index (χ1v) is 14.4. The summed E-state index contributed by atoms with van der Waals surface area (Å²) in [7, 11) is 0. The maximum atomic E-state index is 12.9. The molecular weight excluding hydrogens is 412 g/mol. The molecule has 194 valence electrons. The molecule has 3 unspecified atom stereocenters. The molecule has 0 aromatic carbocycles. The van der Waals surface area contributed by atoms with Gasteiger partial charge in [-0.05, 0) is 44.4 Å². The second-order valence-corrected chi connectivity index (χ2v) is 10.9. The van der Waals surface area contributed by atoms with Crippen molar-refractivity contribution in [3.8, 4) is 0 Å². The molecule has 0 aromatic heterocycles. The fourth-order valence-corrected chi connectivity index (χ4v) is 5.18. The van der Waals surface area contributed by atoms with Crippen LogP contribution in [0.25, 0.3) is 0 Å². The van der Waals surface area contributed by atoms with Gasteiger partial charge in [0.1, 0.15) is 6.10 Å². The molecule has 4 heteroatoms. The normalized spacial score (nSPS) is 19.5. The molecule has 0 radical (unpaired) electrons. The van der Waals surface area contributed by atoms with Gasteiger partial charge >= 0.3 is 11.9 Å². The van der Waals surface area contributed by atoms with Crippen molar-refractivity contribution in [2.45, 2.75) is 155 Å². The maximum absolute atomic E-state index is 12.9. The summed E-state index contributed by atoms with van der Waals surface area (Å²) in [6.45, 7) is 6.82. The van der Waals surface area contributed by atoms with Gasteiger partial charge in [0.25, 0.3) is 0 Å². The summed E-state index contributed by atoms with van der Waals surface area (Å²) in [5.74, 6) is -1.27. The van der Waals surface area contributed by atoms with Crippen molar-refractivity contribution in [3.05, 3.63) is 0 Å². The van der Waals surface area contributed by atoms with Crippen LogP contribution in [0, 0.1) is 17.8 Å². The second kappa shape index (κ2) is 19.3. The molecule has 33 heavy (non-hydrogen) atoms. The van der Waals surface area contributed by atoms with Gasteiger partial charge in [-0.3, -0.25) is 9.59 Å². The smallest absolute Gasteiger partial charge is 0.310 e. The Kier molecular flexibility index (Phi) is 17.5. The largest absolute Gasteiger partial charge is 0.481 e. The van der Waals surface area contributed by atoms with Crippen molar-refractivity contribution in [2.75, 3.05) is 0 Å². The molecular formula is C29H54O4. The van der Waals surface area contributed by atoms with E-state index in [1.165, 1.54) is 77.0 Å². The Morgan fingerprint density at radius 2 is 1.18 bits per heavy atom. The molecule has 4 nitrogen and oxygen atoms in total. The third-order valence-electron chi connectivity index (χ3n) is 7.36. The Balaban J connectivity index is 2.34. The van der Waals surface area contributed by atoms with E-state index in [0.717, 1.165) is 44.4 Å². The lowest BCUT2D eigenvalue weighted by Crippen LogP contribution is -2.35. The lowest BCUT2D eigenvalue weighted by molar-refractivity contribution is -0.164. The fraction of sp³-hybridized carbons (Fsp3) is 0.931. The summed E-state index contributed by atoms with van der Waals surface area (Å²) < 4.78 is 5.97. The van der Waals surface area contributed by atoms with Gasteiger partial charge in [-0.25, -0.2) is 0 Å². The molecule has 0 amide bonds. The van der Waals surface area contributed by atoms with Crippen molar-refractivity contribution in [1.29, 1.82) is 0 Å². The zero-order valence-corrected chi connectivity index (χ0v) is 22.1. The highest BCUT2D eigenvalue weighted by Gasteiger charge is 2.37. The van der Waals surface area contributed by atoms with Crippen molar-refractivity contribution < 1.29 is 19.4 Å². The van der Waals surface area contributed by atoms with Crippen LogP contribution in [-0.2, 0) is 14.3 Å². The number of carbonyl (C=O) groups is 2. The standard InChI is InChI=1S/C29H54O4/c1-4-5-6-11-15-20-25(21-16-13-10-8-7-9-12-14-19-24(2)3)33-29(32)27-23-18-17-22-26(27)28(30)31/h24-27H,4-23H2,1-3H3,(H,30,31). The average molecular weight is 467 g/mol. The van der Waals surface area contributed by atoms with Crippen LogP contribution in [0.3, 0.4) is 0 Å². The highest BCUT2D eigenvalue weighted by Crippen LogP contribution is 2.32. The maximum Gasteiger partial charge on any atom is 0.310 e. The SMILES string of the molecule is CCCCCCCC(CCCCCCCCCCC(C)C)OC(=O)C1CCCCC1C(=O)O. The summed E-state index contributed by atoms with van der Waals surface area (Å²) in [6, 6.07) is 0. The zero-order chi connectivity index (χ0) is 24.3. The van der Waals surface area contributed by atoms with E-state index in [-0.39, 0.29) is 12.1 Å². The molecule has 0 heterocycles. The van der Waals surface area contributed by atoms with E-state index in [0.29, 0.717) is 12.8 Å². The fourth-order valence-electron chi connectivity index (χ4n) is 5.18. The highest BCUT2D eigenvalue weighted by molar-refractivity contribution is 5.81. The highest BCUT2D eigenvalue weighted by atomic mass is 16.5. The Morgan fingerprint density at radius 3 is 1.67 bits per heavy atom. The van der Waals surface area contributed by atoms with Crippen molar-refractivity contribution >= 4 is 11.9 Å². The van der Waals surface area contributed by atoms with Gasteiger partial charge in [0.2, 0.25) is 0 Å². The number of hydrogen-bond acceptors (Lipinski definition) is 3. The van der Waals surface area contributed by atoms with E-state index in [2.05, 4.69) is 20.8 Å². The van der Waals surface area contributed by atoms with Gasteiger partial charge in [-0.2, -0.15) is 0 Å². The molecule has 0 aliphatic heterocycles. The van der Waals surface area contributed by atoms with Crippen molar-refractivity contribution in [2.24, 2.45) is 17.8 Å². The minimum atomic E-state index is -0.836. The van der Waals surface area contributed by atoms with Crippen LogP contribution >= 0.6 is 0 Å². The number of carboxylic acids is 1. The number of rotatable bonds is 20. The number of ether oxygens (including phenoxy) is 1. The Bertz CT molecular complexity index is 502. The van der Waals surface area contributed by atoms with Crippen LogP contribution in [0.4, 0.5) is 0 Å². The van der Waals surface area contributed by atoms with E-state index in [1.807, 2.05) is 0 Å². The van der Waals surface area contributed by atoms with Crippen molar-refractivity contribution in [3.63, 3.8) is 0 Å². The third-order valence-corrected chi connectivity index (χ3v) is 7.36. The molecule has 0 saturated heterocycles. The Labute approximate surface area is 204 Å². The first kappa shape index (κ1) is 30.0. The molecule has 1 rings (SSSR count). The monoisotopic (exact) mass is 466 g/mol. The van der Waals surface area contributed by atoms with Crippen LogP contribution in [-0.4, -0.2) is 23.1 Å². The third kappa shape index (κ3) is 14.7. The molecule has 1 fully saturated rings. The molecule has 1 aliphatic rings. The minimum Gasteiger partial charge on any atom is -0.481 e. The lowest BCUT2D eigenvalue weighted by atomic mass is 9.79. The summed E-state index contributed by atoms with van der Waals surface area (Å²) >= 11 is 0. The molecule has 1 aliphatic carbocycles. The number of unbranched alkanes of at least 4 members (excludes halogenated alkanes) is 11. The minimum absolute atomic E-state index is 0.0356. The van der Waals surface area contributed by atoms with E-state index < -0.39 is 17.8 Å². The van der Waals surface area contributed by atoms with Gasteiger partial charge < -0.3 is 9.84 Å². The van der Waals surface area contributed by atoms with Crippen molar-refractivity contribution in [1.82, 2.24) is 0 Å². The number of carbonyl (C=O) groups excluding carboxylic acids is 1. The molecule has 1 saturated carbocycles.